The molecule has 0 unspecified atom stereocenters. The second-order valence-corrected chi connectivity index (χ2v) is 6.78. The van der Waals surface area contributed by atoms with Gasteiger partial charge >= 0.3 is 5.69 Å². The maximum absolute atomic E-state index is 12.6. The van der Waals surface area contributed by atoms with Crippen LogP contribution in [0.1, 0.15) is 21.5 Å². The van der Waals surface area contributed by atoms with Crippen LogP contribution in [0.25, 0.3) is 0 Å². The molecule has 158 valence electrons. The van der Waals surface area contributed by atoms with E-state index in [1.54, 1.807) is 37.3 Å². The topological polar surface area (TPSA) is 111 Å². The molecule has 0 saturated heterocycles. The molecule has 2 amide bonds. The highest BCUT2D eigenvalue weighted by Gasteiger charge is 2.17. The second kappa shape index (κ2) is 10.0. The first-order valence-corrected chi connectivity index (χ1v) is 9.53. The van der Waals surface area contributed by atoms with Gasteiger partial charge in [0.2, 0.25) is 0 Å². The predicted molar refractivity (Wildman–Crippen MR) is 116 cm³/mol. The monoisotopic (exact) mass is 419 g/mol. The minimum atomic E-state index is -0.570. The minimum absolute atomic E-state index is 0.00837. The number of hydrogen-bond acceptors (Lipinski definition) is 5. The fraction of sp³-hybridized carbons (Fsp3) is 0.130. The van der Waals surface area contributed by atoms with E-state index >= 15 is 0 Å². The molecule has 3 aromatic carbocycles. The minimum Gasteiger partial charge on any atom is -0.477 e. The number of para-hydroxylation sites is 1. The summed E-state index contributed by atoms with van der Waals surface area (Å²) in [6.45, 7) is 1.67. The Morgan fingerprint density at radius 1 is 1.00 bits per heavy atom. The Hall–Kier alpha value is -4.20. The first-order valence-electron chi connectivity index (χ1n) is 9.53. The molecule has 0 spiro atoms. The molecule has 0 aliphatic rings. The Labute approximate surface area is 179 Å². The van der Waals surface area contributed by atoms with Crippen molar-refractivity contribution in [1.82, 2.24) is 5.32 Å². The summed E-state index contributed by atoms with van der Waals surface area (Å²) in [5.41, 5.74) is 2.11. The summed E-state index contributed by atoms with van der Waals surface area (Å²) in [5.74, 6) is -0.872. The number of nitro groups is 1. The van der Waals surface area contributed by atoms with Gasteiger partial charge in [0.05, 0.1) is 16.2 Å². The van der Waals surface area contributed by atoms with Crippen LogP contribution < -0.4 is 15.4 Å². The zero-order chi connectivity index (χ0) is 22.2. The standard InChI is InChI=1S/C23H21N3O5/c1-16-11-12-20(26(29)30)21(13-16)31-15-22(27)25-19-10-6-5-9-18(19)23(28)24-14-17-7-3-2-4-8-17/h2-13H,14-15H2,1H3,(H,24,28)(H,25,27). The van der Waals surface area contributed by atoms with Crippen molar-refractivity contribution < 1.29 is 19.2 Å². The molecule has 0 saturated carbocycles. The van der Waals surface area contributed by atoms with Crippen LogP contribution >= 0.6 is 0 Å². The second-order valence-electron chi connectivity index (χ2n) is 6.78. The molecular weight excluding hydrogens is 398 g/mol. The van der Waals surface area contributed by atoms with Crippen LogP contribution in [0, 0.1) is 17.0 Å². The number of amides is 2. The van der Waals surface area contributed by atoms with Crippen molar-refractivity contribution in [2.24, 2.45) is 0 Å². The molecule has 0 heterocycles. The van der Waals surface area contributed by atoms with Gasteiger partial charge in [-0.15, -0.1) is 0 Å². The van der Waals surface area contributed by atoms with Crippen molar-refractivity contribution in [1.29, 1.82) is 0 Å². The number of benzene rings is 3. The number of hydrogen-bond donors (Lipinski definition) is 2. The predicted octanol–water partition coefficient (Wildman–Crippen LogP) is 3.85. The Bertz CT molecular complexity index is 1100. The van der Waals surface area contributed by atoms with E-state index in [4.69, 9.17) is 4.74 Å². The third-order valence-electron chi connectivity index (χ3n) is 4.41. The average Bonchev–Trinajstić information content (AvgIpc) is 2.77. The lowest BCUT2D eigenvalue weighted by molar-refractivity contribution is -0.385. The van der Waals surface area contributed by atoms with Crippen LogP contribution in [-0.4, -0.2) is 23.3 Å². The van der Waals surface area contributed by atoms with Crippen molar-refractivity contribution in [3.8, 4) is 5.75 Å². The number of rotatable bonds is 8. The molecular formula is C23H21N3O5. The normalized spacial score (nSPS) is 10.2. The molecule has 0 aliphatic heterocycles. The SMILES string of the molecule is Cc1ccc([N+](=O)[O-])c(OCC(=O)Nc2ccccc2C(=O)NCc2ccccc2)c1. The van der Waals surface area contributed by atoms with Crippen LogP contribution in [0.5, 0.6) is 5.75 Å². The zero-order valence-corrected chi connectivity index (χ0v) is 16.8. The van der Waals surface area contributed by atoms with Crippen LogP contribution in [0.2, 0.25) is 0 Å². The number of anilines is 1. The summed E-state index contributed by atoms with van der Waals surface area (Å²) in [4.78, 5) is 35.5. The van der Waals surface area contributed by atoms with Crippen molar-refractivity contribution in [2.75, 3.05) is 11.9 Å². The van der Waals surface area contributed by atoms with E-state index in [2.05, 4.69) is 10.6 Å². The van der Waals surface area contributed by atoms with Crippen molar-refractivity contribution in [2.45, 2.75) is 13.5 Å². The maximum atomic E-state index is 12.6. The highest BCUT2D eigenvalue weighted by atomic mass is 16.6. The van der Waals surface area contributed by atoms with Crippen LogP contribution in [0.4, 0.5) is 11.4 Å². The fourth-order valence-electron chi connectivity index (χ4n) is 2.88. The van der Waals surface area contributed by atoms with E-state index in [1.165, 1.54) is 12.1 Å². The summed E-state index contributed by atoms with van der Waals surface area (Å²) in [7, 11) is 0. The molecule has 0 atom stereocenters. The maximum Gasteiger partial charge on any atom is 0.310 e. The molecule has 31 heavy (non-hydrogen) atoms. The number of nitrogens with zero attached hydrogens (tertiary/aromatic N) is 1. The first kappa shape index (κ1) is 21.5. The van der Waals surface area contributed by atoms with Gasteiger partial charge in [0.25, 0.3) is 11.8 Å². The first-order chi connectivity index (χ1) is 14.9. The van der Waals surface area contributed by atoms with Crippen LogP contribution in [-0.2, 0) is 11.3 Å². The van der Waals surface area contributed by atoms with E-state index in [9.17, 15) is 19.7 Å². The quantitative estimate of drug-likeness (QED) is 0.426. The molecule has 8 nitrogen and oxygen atoms in total. The van der Waals surface area contributed by atoms with Crippen LogP contribution in [0.3, 0.4) is 0 Å². The Kier molecular flexibility index (Phi) is 6.95. The third-order valence-corrected chi connectivity index (χ3v) is 4.41. The molecule has 2 N–H and O–H groups in total. The fourth-order valence-corrected chi connectivity index (χ4v) is 2.88. The van der Waals surface area contributed by atoms with Gasteiger partial charge in [-0.1, -0.05) is 48.5 Å². The molecule has 3 aromatic rings. The number of carbonyl (C=O) groups excluding carboxylic acids is 2. The number of carbonyl (C=O) groups is 2. The smallest absolute Gasteiger partial charge is 0.310 e. The lowest BCUT2D eigenvalue weighted by atomic mass is 10.1. The van der Waals surface area contributed by atoms with Crippen LogP contribution in [0.15, 0.2) is 72.8 Å². The highest BCUT2D eigenvalue weighted by molar-refractivity contribution is 6.04. The number of aryl methyl sites for hydroxylation is 1. The Morgan fingerprint density at radius 2 is 1.71 bits per heavy atom. The molecule has 0 aliphatic carbocycles. The summed E-state index contributed by atoms with van der Waals surface area (Å²) >= 11 is 0. The largest absolute Gasteiger partial charge is 0.477 e. The molecule has 0 aromatic heterocycles. The van der Waals surface area contributed by atoms with E-state index in [1.807, 2.05) is 30.3 Å². The van der Waals surface area contributed by atoms with Gasteiger partial charge in [-0.3, -0.25) is 19.7 Å². The lowest BCUT2D eigenvalue weighted by Gasteiger charge is -2.12. The zero-order valence-electron chi connectivity index (χ0n) is 16.8. The third kappa shape index (κ3) is 5.89. The summed E-state index contributed by atoms with van der Waals surface area (Å²) in [6, 6.07) is 20.5. The molecule has 0 radical (unpaired) electrons. The molecule has 8 heteroatoms. The van der Waals surface area contributed by atoms with E-state index in [-0.39, 0.29) is 17.3 Å². The van der Waals surface area contributed by atoms with E-state index in [0.29, 0.717) is 17.8 Å². The number of nitrogens with one attached hydrogen (secondary N) is 2. The van der Waals surface area contributed by atoms with Crippen molar-refractivity contribution in [3.05, 3.63) is 99.6 Å². The van der Waals surface area contributed by atoms with Gasteiger partial charge in [0, 0.05) is 12.6 Å². The van der Waals surface area contributed by atoms with Gasteiger partial charge in [-0.25, -0.2) is 0 Å². The van der Waals surface area contributed by atoms with Gasteiger partial charge in [-0.2, -0.15) is 0 Å². The lowest BCUT2D eigenvalue weighted by Crippen LogP contribution is -2.26. The highest BCUT2D eigenvalue weighted by Crippen LogP contribution is 2.27. The van der Waals surface area contributed by atoms with Crippen molar-refractivity contribution >= 4 is 23.2 Å². The molecule has 0 bridgehead atoms. The summed E-state index contributed by atoms with van der Waals surface area (Å²) < 4.78 is 5.36. The average molecular weight is 419 g/mol. The van der Waals surface area contributed by atoms with Gasteiger partial charge in [-0.05, 0) is 36.2 Å². The summed E-state index contributed by atoms with van der Waals surface area (Å²) in [5, 5.41) is 16.6. The van der Waals surface area contributed by atoms with Crippen molar-refractivity contribution in [3.63, 3.8) is 0 Å². The Morgan fingerprint density at radius 3 is 2.45 bits per heavy atom. The molecule has 0 fully saturated rings. The number of ether oxygens (including phenoxy) is 1. The molecule has 3 rings (SSSR count). The van der Waals surface area contributed by atoms with Gasteiger partial charge in [0.15, 0.2) is 12.4 Å². The van der Waals surface area contributed by atoms with E-state index < -0.39 is 17.4 Å². The Balaban J connectivity index is 1.64. The van der Waals surface area contributed by atoms with E-state index in [0.717, 1.165) is 11.1 Å². The summed E-state index contributed by atoms with van der Waals surface area (Å²) in [6.07, 6.45) is 0. The number of nitro benzene ring substituents is 1. The van der Waals surface area contributed by atoms with Gasteiger partial charge in [0.1, 0.15) is 0 Å². The van der Waals surface area contributed by atoms with Gasteiger partial charge < -0.3 is 15.4 Å².